The normalized spacial score (nSPS) is 28.9. The molecule has 5 rings (SSSR count). The van der Waals surface area contributed by atoms with Crippen LogP contribution in [0.2, 0.25) is 0 Å². The second kappa shape index (κ2) is 4.85. The van der Waals surface area contributed by atoms with Crippen LogP contribution in [-0.2, 0) is 6.42 Å². The van der Waals surface area contributed by atoms with Crippen LogP contribution in [0.4, 0.5) is 0 Å². The van der Waals surface area contributed by atoms with Crippen molar-refractivity contribution in [1.29, 1.82) is 0 Å². The van der Waals surface area contributed by atoms with E-state index in [1.54, 1.807) is 7.11 Å². The molecule has 3 aliphatic heterocycles. The maximum Gasteiger partial charge on any atom is 0.232 e. The molecule has 0 N–H and O–H groups in total. The first-order valence-corrected chi connectivity index (χ1v) is 9.17. The van der Waals surface area contributed by atoms with Crippen LogP contribution in [-0.4, -0.2) is 35.6 Å². The largest absolute Gasteiger partial charge is 0.497 e. The number of nitrogens with zero attached hydrogens (tertiary/aromatic N) is 2. The van der Waals surface area contributed by atoms with Crippen molar-refractivity contribution in [3.8, 4) is 5.75 Å². The lowest BCUT2D eigenvalue weighted by atomic mass is 9.64. The monoisotopic (exact) mass is 324 g/mol. The van der Waals surface area contributed by atoms with E-state index in [1.807, 2.05) is 16.7 Å². The molecular formula is C20H24N2O2. The Kier molecular flexibility index (Phi) is 2.94. The Hall–Kier alpha value is -1.81. The molecule has 24 heavy (non-hydrogen) atoms. The van der Waals surface area contributed by atoms with E-state index in [9.17, 15) is 4.79 Å². The van der Waals surface area contributed by atoms with Gasteiger partial charge < -0.3 is 4.74 Å². The Morgan fingerprint density at radius 2 is 2.21 bits per heavy atom. The molecule has 0 spiro atoms. The van der Waals surface area contributed by atoms with Crippen molar-refractivity contribution in [2.75, 3.05) is 20.2 Å². The average Bonchev–Trinajstić information content (AvgIpc) is 2.95. The van der Waals surface area contributed by atoms with Gasteiger partial charge in [-0.3, -0.25) is 14.3 Å². The minimum atomic E-state index is 0.138. The highest BCUT2D eigenvalue weighted by Crippen LogP contribution is 2.57. The molecule has 1 saturated heterocycles. The molecule has 2 aromatic rings. The third kappa shape index (κ3) is 1.65. The third-order valence-corrected chi connectivity index (χ3v) is 6.75. The van der Waals surface area contributed by atoms with Gasteiger partial charge in [0.05, 0.1) is 18.7 Å². The molecule has 2 atom stereocenters. The van der Waals surface area contributed by atoms with E-state index >= 15 is 0 Å². The SMILES string of the molecule is CC[C@]12CCCN3CCc4c(n(c5cc(OC)ccc45)C(=O)C1)[C@@H]32. The van der Waals surface area contributed by atoms with E-state index in [-0.39, 0.29) is 11.3 Å². The number of aromatic nitrogens is 1. The first-order valence-electron chi connectivity index (χ1n) is 9.17. The summed E-state index contributed by atoms with van der Waals surface area (Å²) in [7, 11) is 1.69. The number of benzene rings is 1. The van der Waals surface area contributed by atoms with Crippen LogP contribution >= 0.6 is 0 Å². The van der Waals surface area contributed by atoms with Gasteiger partial charge in [-0.25, -0.2) is 0 Å². The van der Waals surface area contributed by atoms with Crippen LogP contribution in [0.15, 0.2) is 18.2 Å². The van der Waals surface area contributed by atoms with E-state index in [4.69, 9.17) is 4.74 Å². The molecule has 0 aliphatic carbocycles. The van der Waals surface area contributed by atoms with Crippen LogP contribution in [0.3, 0.4) is 0 Å². The van der Waals surface area contributed by atoms with Gasteiger partial charge in [-0.05, 0) is 49.9 Å². The molecule has 3 aliphatic rings. The third-order valence-electron chi connectivity index (χ3n) is 6.75. The summed E-state index contributed by atoms with van der Waals surface area (Å²) < 4.78 is 7.45. The van der Waals surface area contributed by atoms with Crippen molar-refractivity contribution in [2.45, 2.75) is 45.1 Å². The fraction of sp³-hybridized carbons (Fsp3) is 0.550. The van der Waals surface area contributed by atoms with Gasteiger partial charge >= 0.3 is 0 Å². The van der Waals surface area contributed by atoms with Gasteiger partial charge in [-0.15, -0.1) is 0 Å². The number of carbonyl (C=O) groups is 1. The highest BCUT2D eigenvalue weighted by atomic mass is 16.5. The van der Waals surface area contributed by atoms with Crippen LogP contribution in [0.1, 0.15) is 54.7 Å². The minimum Gasteiger partial charge on any atom is -0.497 e. The van der Waals surface area contributed by atoms with Crippen molar-refractivity contribution in [3.05, 3.63) is 29.5 Å². The summed E-state index contributed by atoms with van der Waals surface area (Å²) in [6.45, 7) is 4.57. The van der Waals surface area contributed by atoms with Gasteiger partial charge in [0.1, 0.15) is 5.75 Å². The van der Waals surface area contributed by atoms with Gasteiger partial charge in [0, 0.05) is 35.5 Å². The fourth-order valence-corrected chi connectivity index (χ4v) is 5.61. The number of ether oxygens (including phenoxy) is 1. The second-order valence-electron chi connectivity index (χ2n) is 7.66. The standard InChI is InChI=1S/C20H24N2O2/c1-3-20-8-4-9-21-10-7-15-14-6-5-13(24-2)11-16(14)22(17(23)12-20)18(15)19(20)21/h5-6,11,19H,3-4,7-10,12H2,1-2H3/t19-,20+/m1/s1. The number of rotatable bonds is 2. The molecule has 0 bridgehead atoms. The summed E-state index contributed by atoms with van der Waals surface area (Å²) in [4.78, 5) is 15.8. The lowest BCUT2D eigenvalue weighted by molar-refractivity contribution is -0.0174. The van der Waals surface area contributed by atoms with Gasteiger partial charge in [0.2, 0.25) is 5.91 Å². The number of fused-ring (bicyclic) bond motifs is 3. The summed E-state index contributed by atoms with van der Waals surface area (Å²) >= 11 is 0. The Labute approximate surface area is 142 Å². The highest BCUT2D eigenvalue weighted by Gasteiger charge is 2.52. The molecule has 1 aromatic heterocycles. The summed E-state index contributed by atoms with van der Waals surface area (Å²) in [6, 6.07) is 6.62. The molecule has 0 amide bonds. The second-order valence-corrected chi connectivity index (χ2v) is 7.66. The Morgan fingerprint density at radius 3 is 3.00 bits per heavy atom. The summed E-state index contributed by atoms with van der Waals surface area (Å²) in [5.74, 6) is 1.10. The van der Waals surface area contributed by atoms with Gasteiger partial charge in [0.15, 0.2) is 0 Å². The van der Waals surface area contributed by atoms with Crippen LogP contribution in [0.25, 0.3) is 10.9 Å². The van der Waals surface area contributed by atoms with Crippen molar-refractivity contribution in [2.24, 2.45) is 5.41 Å². The van der Waals surface area contributed by atoms with E-state index in [0.29, 0.717) is 12.5 Å². The Morgan fingerprint density at radius 1 is 1.33 bits per heavy atom. The molecule has 1 fully saturated rings. The van der Waals surface area contributed by atoms with Crippen molar-refractivity contribution in [1.82, 2.24) is 9.47 Å². The first-order chi connectivity index (χ1) is 11.7. The van der Waals surface area contributed by atoms with Gasteiger partial charge in [-0.2, -0.15) is 0 Å². The number of piperidine rings is 1. The van der Waals surface area contributed by atoms with E-state index in [1.165, 1.54) is 36.0 Å². The maximum absolute atomic E-state index is 13.2. The number of hydrogen-bond donors (Lipinski definition) is 0. The Bertz CT molecular complexity index is 853. The zero-order chi connectivity index (χ0) is 16.5. The molecule has 0 radical (unpaired) electrons. The lowest BCUT2D eigenvalue weighted by Gasteiger charge is -2.54. The lowest BCUT2D eigenvalue weighted by Crippen LogP contribution is -2.53. The molecule has 4 heteroatoms. The van der Waals surface area contributed by atoms with Crippen LogP contribution in [0, 0.1) is 5.41 Å². The Balaban J connectivity index is 1.84. The van der Waals surface area contributed by atoms with Crippen LogP contribution in [0.5, 0.6) is 5.75 Å². The molecule has 0 unspecified atom stereocenters. The summed E-state index contributed by atoms with van der Waals surface area (Å²) in [6.07, 6.45) is 5.22. The zero-order valence-electron chi connectivity index (χ0n) is 14.5. The number of hydrogen-bond acceptors (Lipinski definition) is 3. The average molecular weight is 324 g/mol. The van der Waals surface area contributed by atoms with Crippen molar-refractivity contribution >= 4 is 16.8 Å². The molecule has 4 nitrogen and oxygen atoms in total. The topological polar surface area (TPSA) is 34.5 Å². The van der Waals surface area contributed by atoms with Crippen molar-refractivity contribution in [3.63, 3.8) is 0 Å². The smallest absolute Gasteiger partial charge is 0.232 e. The molecule has 1 aromatic carbocycles. The predicted molar refractivity (Wildman–Crippen MR) is 93.7 cm³/mol. The minimum absolute atomic E-state index is 0.138. The predicted octanol–water partition coefficient (Wildman–Crippen LogP) is 3.78. The highest BCUT2D eigenvalue weighted by molar-refractivity contribution is 5.98. The molecule has 126 valence electrons. The van der Waals surface area contributed by atoms with Crippen molar-refractivity contribution < 1.29 is 9.53 Å². The first kappa shape index (κ1) is 14.5. The number of methoxy groups -OCH3 is 1. The molecular weight excluding hydrogens is 300 g/mol. The molecule has 0 saturated carbocycles. The van der Waals surface area contributed by atoms with Crippen LogP contribution < -0.4 is 4.74 Å². The van der Waals surface area contributed by atoms with Gasteiger partial charge in [-0.1, -0.05) is 6.92 Å². The van der Waals surface area contributed by atoms with E-state index < -0.39 is 0 Å². The number of carbonyl (C=O) groups excluding carboxylic acids is 1. The summed E-state index contributed by atoms with van der Waals surface area (Å²) in [5.41, 5.74) is 3.88. The van der Waals surface area contributed by atoms with Gasteiger partial charge in [0.25, 0.3) is 0 Å². The van der Waals surface area contributed by atoms with E-state index in [0.717, 1.165) is 30.7 Å². The maximum atomic E-state index is 13.2. The molecule has 4 heterocycles. The zero-order valence-corrected chi connectivity index (χ0v) is 14.5. The van der Waals surface area contributed by atoms with E-state index in [2.05, 4.69) is 17.9 Å². The quantitative estimate of drug-likeness (QED) is 0.843. The fourth-order valence-electron chi connectivity index (χ4n) is 5.61. The summed E-state index contributed by atoms with van der Waals surface area (Å²) in [5, 5.41) is 1.25.